The van der Waals surface area contributed by atoms with Gasteiger partial charge in [-0.05, 0) is 32.1 Å². The minimum atomic E-state index is -1.57. The van der Waals surface area contributed by atoms with Crippen LogP contribution in [0.5, 0.6) is 0 Å². The number of carbonyl (C=O) groups excluding carboxylic acids is 1. The standard InChI is InChI=1S/C68H131NO8/c1-3-5-7-9-11-13-15-17-19-21-23-25-27-28-29-30-31-32-33-34-36-38-40-42-44-46-48-50-52-54-56-58-64(72)69-61(60-76-68-67(75)66(74)65(73)63(59-70)77-68)62(71)57-55-53-51-49-47-45-43-41-39-37-35-26-24-22-20-18-16-14-12-10-8-6-4-2/h47,49,55,57,61-63,65-68,70-71,73-75H,3-46,48,50-54,56,58-60H2,1-2H3,(H,69,72)/b49-47+,57-55+. The summed E-state index contributed by atoms with van der Waals surface area (Å²) in [5.41, 5.74) is 0. The Hall–Kier alpha value is -1.33. The summed E-state index contributed by atoms with van der Waals surface area (Å²) in [6, 6.07) is -0.820. The van der Waals surface area contributed by atoms with Crippen LogP contribution in [0.4, 0.5) is 0 Å². The van der Waals surface area contributed by atoms with Crippen LogP contribution in [0.15, 0.2) is 24.3 Å². The summed E-state index contributed by atoms with van der Waals surface area (Å²) in [5, 5.41) is 54.7. The van der Waals surface area contributed by atoms with E-state index in [1.54, 1.807) is 6.08 Å². The molecular weight excluding hydrogens is 959 g/mol. The van der Waals surface area contributed by atoms with Gasteiger partial charge in [-0.25, -0.2) is 0 Å². The molecule has 7 unspecified atom stereocenters. The second-order valence-corrected chi connectivity index (χ2v) is 24.0. The van der Waals surface area contributed by atoms with E-state index in [0.717, 1.165) is 38.5 Å². The second kappa shape index (κ2) is 57.9. The van der Waals surface area contributed by atoms with Gasteiger partial charge >= 0.3 is 0 Å². The van der Waals surface area contributed by atoms with E-state index in [9.17, 15) is 30.3 Å². The summed E-state index contributed by atoms with van der Waals surface area (Å²) in [7, 11) is 0. The van der Waals surface area contributed by atoms with Gasteiger partial charge in [0.1, 0.15) is 24.4 Å². The van der Waals surface area contributed by atoms with Crippen LogP contribution in [0.2, 0.25) is 0 Å². The Morgan fingerprint density at radius 2 is 0.740 bits per heavy atom. The Bertz CT molecular complexity index is 1260. The molecule has 1 rings (SSSR count). The fourth-order valence-corrected chi connectivity index (χ4v) is 11.2. The lowest BCUT2D eigenvalue weighted by atomic mass is 9.99. The Kier molecular flexibility index (Phi) is 55.4. The maximum absolute atomic E-state index is 13.1. The minimum absolute atomic E-state index is 0.178. The average Bonchev–Trinajstić information content (AvgIpc) is 3.43. The molecular formula is C68H131NO8. The second-order valence-electron chi connectivity index (χ2n) is 24.0. The molecule has 0 aromatic carbocycles. The molecule has 0 aromatic heterocycles. The maximum atomic E-state index is 13.1. The van der Waals surface area contributed by atoms with E-state index in [4.69, 9.17) is 9.47 Å². The van der Waals surface area contributed by atoms with Crippen molar-refractivity contribution in [3.05, 3.63) is 24.3 Å². The predicted molar refractivity (Wildman–Crippen MR) is 327 cm³/mol. The first-order valence-electron chi connectivity index (χ1n) is 34.1. The molecule has 1 aliphatic rings. The minimum Gasteiger partial charge on any atom is -0.394 e. The van der Waals surface area contributed by atoms with Gasteiger partial charge < -0.3 is 40.3 Å². The van der Waals surface area contributed by atoms with Crippen molar-refractivity contribution in [3.63, 3.8) is 0 Å². The van der Waals surface area contributed by atoms with Crippen LogP contribution in [-0.2, 0) is 14.3 Å². The van der Waals surface area contributed by atoms with E-state index in [1.807, 2.05) is 6.08 Å². The van der Waals surface area contributed by atoms with E-state index >= 15 is 0 Å². The molecule has 77 heavy (non-hydrogen) atoms. The molecule has 7 atom stereocenters. The van der Waals surface area contributed by atoms with Gasteiger partial charge in [0.2, 0.25) is 5.91 Å². The van der Waals surface area contributed by atoms with Crippen LogP contribution in [0.25, 0.3) is 0 Å². The largest absolute Gasteiger partial charge is 0.394 e. The van der Waals surface area contributed by atoms with E-state index in [0.29, 0.717) is 6.42 Å². The Morgan fingerprint density at radius 1 is 0.429 bits per heavy atom. The average molecular weight is 1090 g/mol. The van der Waals surface area contributed by atoms with Crippen molar-refractivity contribution in [2.75, 3.05) is 13.2 Å². The number of unbranched alkanes of at least 4 members (excludes halogenated alkanes) is 48. The molecule has 1 heterocycles. The lowest BCUT2D eigenvalue weighted by Gasteiger charge is -2.40. The van der Waals surface area contributed by atoms with E-state index in [1.165, 1.54) is 289 Å². The molecule has 456 valence electrons. The van der Waals surface area contributed by atoms with Gasteiger partial charge in [0.15, 0.2) is 6.29 Å². The van der Waals surface area contributed by atoms with Gasteiger partial charge in [-0.15, -0.1) is 0 Å². The van der Waals surface area contributed by atoms with Crippen LogP contribution >= 0.6 is 0 Å². The van der Waals surface area contributed by atoms with Gasteiger partial charge in [0.25, 0.3) is 0 Å². The van der Waals surface area contributed by atoms with Crippen LogP contribution < -0.4 is 5.32 Å². The number of carbonyl (C=O) groups is 1. The Labute approximate surface area is 477 Å². The topological polar surface area (TPSA) is 149 Å². The summed E-state index contributed by atoms with van der Waals surface area (Å²) in [5.74, 6) is -0.178. The third kappa shape index (κ3) is 46.9. The number of aliphatic hydroxyl groups is 5. The normalized spacial score (nSPS) is 18.8. The lowest BCUT2D eigenvalue weighted by molar-refractivity contribution is -0.302. The van der Waals surface area contributed by atoms with Crippen molar-refractivity contribution in [3.8, 4) is 0 Å². The van der Waals surface area contributed by atoms with Gasteiger partial charge in [0.05, 0.1) is 25.4 Å². The number of hydrogen-bond acceptors (Lipinski definition) is 8. The number of nitrogens with one attached hydrogen (secondary N) is 1. The van der Waals surface area contributed by atoms with Crippen LogP contribution in [0.1, 0.15) is 348 Å². The molecule has 0 aliphatic carbocycles. The van der Waals surface area contributed by atoms with Crippen LogP contribution in [0.3, 0.4) is 0 Å². The molecule has 0 spiro atoms. The maximum Gasteiger partial charge on any atom is 0.220 e. The third-order valence-electron chi connectivity index (χ3n) is 16.5. The third-order valence-corrected chi connectivity index (χ3v) is 16.5. The molecule has 9 heteroatoms. The molecule has 1 saturated heterocycles. The number of hydrogen-bond donors (Lipinski definition) is 6. The highest BCUT2D eigenvalue weighted by Gasteiger charge is 2.44. The monoisotopic (exact) mass is 1090 g/mol. The fourth-order valence-electron chi connectivity index (χ4n) is 11.2. The molecule has 0 saturated carbocycles. The van der Waals surface area contributed by atoms with Crippen molar-refractivity contribution in [2.24, 2.45) is 0 Å². The number of allylic oxidation sites excluding steroid dienone is 3. The molecule has 0 aromatic rings. The van der Waals surface area contributed by atoms with Crippen molar-refractivity contribution in [2.45, 2.75) is 391 Å². The van der Waals surface area contributed by atoms with E-state index < -0.39 is 49.5 Å². The summed E-state index contributed by atoms with van der Waals surface area (Å²) in [4.78, 5) is 13.1. The quantitative estimate of drug-likeness (QED) is 0.0261. The SMILES string of the molecule is CCCCCCCCCCCCCCCCCCC/C=C/CC/C=C/C(O)C(COC1OC(CO)C(O)C(O)C1O)NC(=O)CCCCCCCCCCCCCCCCCCCCCCCCCCCCCCCCC. The predicted octanol–water partition coefficient (Wildman–Crippen LogP) is 18.1. The zero-order valence-corrected chi connectivity index (χ0v) is 51.0. The Morgan fingerprint density at radius 3 is 1.09 bits per heavy atom. The zero-order chi connectivity index (χ0) is 55.8. The van der Waals surface area contributed by atoms with Crippen molar-refractivity contribution >= 4 is 5.91 Å². The van der Waals surface area contributed by atoms with Crippen LogP contribution in [0, 0.1) is 0 Å². The highest BCUT2D eigenvalue weighted by atomic mass is 16.7. The number of amides is 1. The van der Waals surface area contributed by atoms with Crippen molar-refractivity contribution in [1.29, 1.82) is 0 Å². The van der Waals surface area contributed by atoms with Crippen molar-refractivity contribution < 1.29 is 39.8 Å². The number of ether oxygens (including phenoxy) is 2. The number of rotatable bonds is 60. The van der Waals surface area contributed by atoms with E-state index in [-0.39, 0.29) is 12.5 Å². The molecule has 6 N–H and O–H groups in total. The molecule has 1 aliphatic heterocycles. The Balaban J connectivity index is 2.13. The van der Waals surface area contributed by atoms with Crippen molar-refractivity contribution in [1.82, 2.24) is 5.32 Å². The zero-order valence-electron chi connectivity index (χ0n) is 51.0. The highest BCUT2D eigenvalue weighted by Crippen LogP contribution is 2.23. The first-order valence-corrected chi connectivity index (χ1v) is 34.1. The molecule has 9 nitrogen and oxygen atoms in total. The van der Waals surface area contributed by atoms with Gasteiger partial charge in [-0.2, -0.15) is 0 Å². The summed E-state index contributed by atoms with van der Waals surface area (Å²) < 4.78 is 11.3. The number of aliphatic hydroxyl groups excluding tert-OH is 5. The van der Waals surface area contributed by atoms with Gasteiger partial charge in [-0.1, -0.05) is 334 Å². The molecule has 0 radical (unpaired) electrons. The summed E-state index contributed by atoms with van der Waals surface area (Å²) >= 11 is 0. The van der Waals surface area contributed by atoms with Gasteiger partial charge in [0, 0.05) is 6.42 Å². The molecule has 1 fully saturated rings. The van der Waals surface area contributed by atoms with Gasteiger partial charge in [-0.3, -0.25) is 4.79 Å². The molecule has 1 amide bonds. The summed E-state index contributed by atoms with van der Waals surface area (Å²) in [6.07, 6.45) is 68.6. The van der Waals surface area contributed by atoms with E-state index in [2.05, 4.69) is 31.3 Å². The molecule has 0 bridgehead atoms. The first-order chi connectivity index (χ1) is 37.8. The lowest BCUT2D eigenvalue weighted by Crippen LogP contribution is -2.60. The smallest absolute Gasteiger partial charge is 0.220 e. The highest BCUT2D eigenvalue weighted by molar-refractivity contribution is 5.76. The fraction of sp³-hybridized carbons (Fsp3) is 0.926. The first kappa shape index (κ1) is 73.7. The summed E-state index contributed by atoms with van der Waals surface area (Å²) in [6.45, 7) is 3.82. The van der Waals surface area contributed by atoms with Crippen LogP contribution in [-0.4, -0.2) is 87.5 Å².